The third kappa shape index (κ3) is 7.32. The van der Waals surface area contributed by atoms with Crippen molar-refractivity contribution >= 4 is 28.9 Å². The second-order valence-corrected chi connectivity index (χ2v) is 11.6. The van der Waals surface area contributed by atoms with Crippen molar-refractivity contribution < 1.29 is 14.3 Å². The highest BCUT2D eigenvalue weighted by Crippen LogP contribution is 2.40. The Morgan fingerprint density at radius 3 is 2.54 bits per heavy atom. The monoisotopic (exact) mass is 527 g/mol. The SMILES string of the molecule is CCCc1cccc2c1N(CCC(C(=O)OC(C)(C)C)C1CCNCC1)C(COc1ccc(Cl)cc1)N2. The number of halogens is 1. The van der Waals surface area contributed by atoms with E-state index in [1.165, 1.54) is 11.3 Å². The summed E-state index contributed by atoms with van der Waals surface area (Å²) in [6, 6.07) is 14.0. The summed E-state index contributed by atoms with van der Waals surface area (Å²) in [6.45, 7) is 11.2. The number of hydrogen-bond donors (Lipinski definition) is 2. The van der Waals surface area contributed by atoms with Gasteiger partial charge in [0.05, 0.1) is 17.3 Å². The van der Waals surface area contributed by atoms with Crippen molar-refractivity contribution in [3.05, 3.63) is 53.1 Å². The average molecular weight is 528 g/mol. The maximum Gasteiger partial charge on any atom is 0.309 e. The molecule has 0 aromatic heterocycles. The first-order chi connectivity index (χ1) is 17.7. The maximum absolute atomic E-state index is 13.4. The van der Waals surface area contributed by atoms with Gasteiger partial charge < -0.3 is 25.0 Å². The van der Waals surface area contributed by atoms with E-state index in [-0.39, 0.29) is 18.1 Å². The fourth-order valence-corrected chi connectivity index (χ4v) is 5.61. The summed E-state index contributed by atoms with van der Waals surface area (Å²) < 4.78 is 12.1. The normalized spacial score (nSPS) is 18.7. The van der Waals surface area contributed by atoms with Gasteiger partial charge in [-0.05, 0) is 101 Å². The molecular weight excluding hydrogens is 486 g/mol. The first-order valence-electron chi connectivity index (χ1n) is 13.7. The number of benzene rings is 2. The number of esters is 1. The number of rotatable bonds is 10. The van der Waals surface area contributed by atoms with Crippen LogP contribution in [0.2, 0.25) is 5.02 Å². The van der Waals surface area contributed by atoms with Crippen molar-refractivity contribution in [2.24, 2.45) is 11.8 Å². The smallest absolute Gasteiger partial charge is 0.309 e. The minimum Gasteiger partial charge on any atom is -0.489 e. The van der Waals surface area contributed by atoms with Crippen molar-refractivity contribution in [3.63, 3.8) is 0 Å². The Morgan fingerprint density at radius 1 is 1.14 bits per heavy atom. The molecule has 2 aliphatic heterocycles. The molecule has 0 amide bonds. The molecule has 1 saturated heterocycles. The van der Waals surface area contributed by atoms with Crippen LogP contribution in [0.3, 0.4) is 0 Å². The van der Waals surface area contributed by atoms with E-state index in [4.69, 9.17) is 21.1 Å². The molecule has 2 heterocycles. The van der Waals surface area contributed by atoms with Crippen LogP contribution >= 0.6 is 11.6 Å². The van der Waals surface area contributed by atoms with E-state index in [9.17, 15) is 4.79 Å². The van der Waals surface area contributed by atoms with Crippen LogP contribution in [0, 0.1) is 11.8 Å². The zero-order valence-corrected chi connectivity index (χ0v) is 23.4. The standard InChI is InChI=1S/C30H42ClN3O3/c1-5-7-22-8-6-9-26-28(22)34(27(33-26)20-36-24-12-10-23(31)11-13-24)19-16-25(21-14-17-32-18-15-21)29(35)37-30(2,3)4/h6,8-13,21,25,27,32-33H,5,7,14-20H2,1-4H3. The Hall–Kier alpha value is -2.44. The molecule has 0 aliphatic carbocycles. The first-order valence-corrected chi connectivity index (χ1v) is 14.1. The predicted molar refractivity (Wildman–Crippen MR) is 152 cm³/mol. The predicted octanol–water partition coefficient (Wildman–Crippen LogP) is 6.28. The van der Waals surface area contributed by atoms with Crippen molar-refractivity contribution in [1.29, 1.82) is 0 Å². The van der Waals surface area contributed by atoms with Gasteiger partial charge in [-0.1, -0.05) is 37.1 Å². The molecular formula is C30H42ClN3O3. The van der Waals surface area contributed by atoms with Crippen LogP contribution in [-0.4, -0.2) is 44.0 Å². The lowest BCUT2D eigenvalue weighted by molar-refractivity contribution is -0.162. The van der Waals surface area contributed by atoms with Gasteiger partial charge in [0.15, 0.2) is 0 Å². The highest BCUT2D eigenvalue weighted by Gasteiger charge is 2.36. The summed E-state index contributed by atoms with van der Waals surface area (Å²) in [5.41, 5.74) is 3.21. The Balaban J connectivity index is 1.55. The summed E-state index contributed by atoms with van der Waals surface area (Å²) in [4.78, 5) is 15.8. The number of piperidine rings is 1. The Morgan fingerprint density at radius 2 is 1.86 bits per heavy atom. The molecule has 2 N–H and O–H groups in total. The van der Waals surface area contributed by atoms with Crippen molar-refractivity contribution in [1.82, 2.24) is 5.32 Å². The molecule has 2 aromatic rings. The van der Waals surface area contributed by atoms with Gasteiger partial charge in [0, 0.05) is 11.6 Å². The molecule has 4 rings (SSSR count). The molecule has 0 radical (unpaired) electrons. The number of fused-ring (bicyclic) bond motifs is 1. The summed E-state index contributed by atoms with van der Waals surface area (Å²) in [6.07, 6.45) is 4.81. The third-order valence-corrected chi connectivity index (χ3v) is 7.44. The van der Waals surface area contributed by atoms with Gasteiger partial charge in [-0.15, -0.1) is 0 Å². The van der Waals surface area contributed by atoms with Crippen LogP contribution in [0.25, 0.3) is 0 Å². The van der Waals surface area contributed by atoms with Crippen LogP contribution in [0.15, 0.2) is 42.5 Å². The molecule has 0 saturated carbocycles. The van der Waals surface area contributed by atoms with Gasteiger partial charge in [-0.25, -0.2) is 0 Å². The van der Waals surface area contributed by atoms with Crippen molar-refractivity contribution in [2.45, 2.75) is 71.6 Å². The number of ether oxygens (including phenoxy) is 2. The molecule has 6 nitrogen and oxygen atoms in total. The van der Waals surface area contributed by atoms with Gasteiger partial charge >= 0.3 is 5.97 Å². The van der Waals surface area contributed by atoms with Gasteiger partial charge in [0.1, 0.15) is 24.1 Å². The van der Waals surface area contributed by atoms with Crippen LogP contribution in [0.1, 0.15) is 58.9 Å². The fraction of sp³-hybridized carbons (Fsp3) is 0.567. The minimum absolute atomic E-state index is 0.0315. The van der Waals surface area contributed by atoms with E-state index in [0.717, 1.165) is 63.2 Å². The van der Waals surface area contributed by atoms with Crippen molar-refractivity contribution in [2.75, 3.05) is 36.5 Å². The van der Waals surface area contributed by atoms with E-state index in [2.05, 4.69) is 40.7 Å². The molecule has 0 bridgehead atoms. The summed E-state index contributed by atoms with van der Waals surface area (Å²) in [7, 11) is 0. The van der Waals surface area contributed by atoms with Crippen LogP contribution in [0.4, 0.5) is 11.4 Å². The molecule has 202 valence electrons. The van der Waals surface area contributed by atoms with E-state index in [0.29, 0.717) is 17.5 Å². The van der Waals surface area contributed by atoms with E-state index in [1.807, 2.05) is 45.0 Å². The van der Waals surface area contributed by atoms with Gasteiger partial charge in [0.2, 0.25) is 0 Å². The largest absolute Gasteiger partial charge is 0.489 e. The number of nitrogens with zero attached hydrogens (tertiary/aromatic N) is 1. The third-order valence-electron chi connectivity index (χ3n) is 7.19. The van der Waals surface area contributed by atoms with Gasteiger partial charge in [-0.2, -0.15) is 0 Å². The van der Waals surface area contributed by atoms with Crippen molar-refractivity contribution in [3.8, 4) is 5.75 Å². The Bertz CT molecular complexity index is 1030. The summed E-state index contributed by atoms with van der Waals surface area (Å²) >= 11 is 6.05. The van der Waals surface area contributed by atoms with E-state index in [1.54, 1.807) is 0 Å². The number of carbonyl (C=O) groups excluding carboxylic acids is 1. The Labute approximate surface area is 227 Å². The topological polar surface area (TPSA) is 62.8 Å². The zero-order valence-electron chi connectivity index (χ0n) is 22.7. The lowest BCUT2D eigenvalue weighted by Gasteiger charge is -2.34. The van der Waals surface area contributed by atoms with E-state index >= 15 is 0 Å². The molecule has 2 aliphatic rings. The number of aryl methyl sites for hydroxylation is 1. The molecule has 0 spiro atoms. The van der Waals surface area contributed by atoms with Crippen LogP contribution < -0.4 is 20.3 Å². The average Bonchev–Trinajstić information content (AvgIpc) is 3.22. The number of para-hydroxylation sites is 1. The Kier molecular flexibility index (Phi) is 9.25. The summed E-state index contributed by atoms with van der Waals surface area (Å²) in [5.74, 6) is 0.933. The number of anilines is 2. The van der Waals surface area contributed by atoms with Crippen LogP contribution in [-0.2, 0) is 16.0 Å². The number of nitrogens with one attached hydrogen (secondary N) is 2. The van der Waals surface area contributed by atoms with Crippen LogP contribution in [0.5, 0.6) is 5.75 Å². The zero-order chi connectivity index (χ0) is 26.4. The molecule has 1 fully saturated rings. The number of hydrogen-bond acceptors (Lipinski definition) is 6. The lowest BCUT2D eigenvalue weighted by Crippen LogP contribution is -2.44. The second-order valence-electron chi connectivity index (χ2n) is 11.2. The molecule has 37 heavy (non-hydrogen) atoms. The summed E-state index contributed by atoms with van der Waals surface area (Å²) in [5, 5.41) is 7.81. The first kappa shape index (κ1) is 27.6. The second kappa shape index (κ2) is 12.4. The quantitative estimate of drug-likeness (QED) is 0.355. The minimum atomic E-state index is -0.493. The molecule has 2 atom stereocenters. The van der Waals surface area contributed by atoms with Gasteiger partial charge in [-0.3, -0.25) is 4.79 Å². The highest BCUT2D eigenvalue weighted by molar-refractivity contribution is 6.30. The fourth-order valence-electron chi connectivity index (χ4n) is 5.48. The molecule has 2 aromatic carbocycles. The molecule has 7 heteroatoms. The maximum atomic E-state index is 13.4. The van der Waals surface area contributed by atoms with E-state index < -0.39 is 5.60 Å². The highest BCUT2D eigenvalue weighted by atomic mass is 35.5. The number of carbonyl (C=O) groups is 1. The lowest BCUT2D eigenvalue weighted by atomic mass is 9.82. The van der Waals surface area contributed by atoms with Gasteiger partial charge in [0.25, 0.3) is 0 Å². The molecule has 2 unspecified atom stereocenters.